The number of nitrogens with zero attached hydrogens (tertiary/aromatic N) is 1. The van der Waals surface area contributed by atoms with Crippen molar-refractivity contribution in [3.63, 3.8) is 0 Å². The highest BCUT2D eigenvalue weighted by Crippen LogP contribution is 2.38. The second-order valence-corrected chi connectivity index (χ2v) is 9.18. The van der Waals surface area contributed by atoms with Gasteiger partial charge in [-0.2, -0.15) is 0 Å². The fraction of sp³-hybridized carbons (Fsp3) is 0.393. The summed E-state index contributed by atoms with van der Waals surface area (Å²) >= 11 is 0. The highest BCUT2D eigenvalue weighted by molar-refractivity contribution is 5.81. The molecule has 1 aromatic carbocycles. The van der Waals surface area contributed by atoms with Crippen molar-refractivity contribution in [2.45, 2.75) is 51.2 Å². The Morgan fingerprint density at radius 1 is 1.15 bits per heavy atom. The van der Waals surface area contributed by atoms with Gasteiger partial charge in [-0.15, -0.1) is 6.58 Å². The summed E-state index contributed by atoms with van der Waals surface area (Å²) in [5, 5.41) is 0. The number of rotatable bonds is 6. The fourth-order valence-electron chi connectivity index (χ4n) is 4.74. The van der Waals surface area contributed by atoms with Crippen LogP contribution in [-0.2, 0) is 0 Å². The van der Waals surface area contributed by atoms with Gasteiger partial charge in [0.1, 0.15) is 23.6 Å². The molecule has 0 saturated heterocycles. The standard InChI is InChI=1S/C28H29F4N/c1-3-4-5-18-6-11-28(33-16-18)20-8-10-22(27(32)13-20)19-7-9-23(26(31)12-19)21-14-24(29)17(2)25(30)15-21/h3,7,9-10,12-18,20,24,28H,1,4-6,8,11H2,2H3. The molecular weight excluding hydrogens is 426 g/mol. The Balaban J connectivity index is 1.47. The van der Waals surface area contributed by atoms with E-state index in [1.807, 2.05) is 12.3 Å². The monoisotopic (exact) mass is 455 g/mol. The van der Waals surface area contributed by atoms with Crippen molar-refractivity contribution in [1.82, 2.24) is 0 Å². The van der Waals surface area contributed by atoms with Crippen LogP contribution in [0, 0.1) is 23.6 Å². The molecule has 0 bridgehead atoms. The molecular formula is C28H29F4N. The van der Waals surface area contributed by atoms with Crippen LogP contribution >= 0.6 is 0 Å². The zero-order chi connectivity index (χ0) is 23.5. The summed E-state index contributed by atoms with van der Waals surface area (Å²) < 4.78 is 57.8. The second-order valence-electron chi connectivity index (χ2n) is 9.18. The van der Waals surface area contributed by atoms with Crippen LogP contribution in [-0.4, -0.2) is 18.4 Å². The lowest BCUT2D eigenvalue weighted by Crippen LogP contribution is -2.24. The van der Waals surface area contributed by atoms with Gasteiger partial charge in [-0.1, -0.05) is 31.2 Å². The molecule has 1 aromatic rings. The molecule has 0 N–H and O–H groups in total. The summed E-state index contributed by atoms with van der Waals surface area (Å²) in [5.41, 5.74) is 1.02. The van der Waals surface area contributed by atoms with Crippen molar-refractivity contribution in [2.75, 3.05) is 0 Å². The average Bonchev–Trinajstić information content (AvgIpc) is 2.81. The first kappa shape index (κ1) is 23.5. The molecule has 2 aliphatic carbocycles. The van der Waals surface area contributed by atoms with Crippen LogP contribution in [0.5, 0.6) is 0 Å². The van der Waals surface area contributed by atoms with Gasteiger partial charge in [0.2, 0.25) is 0 Å². The summed E-state index contributed by atoms with van der Waals surface area (Å²) in [6.07, 6.45) is 12.8. The van der Waals surface area contributed by atoms with Gasteiger partial charge < -0.3 is 0 Å². The Bertz CT molecular complexity index is 1060. The SMILES string of the molecule is C=CCCC1C=NC(C2C=C(F)C(c3ccc(C4=CC(F)C(C)C(F)=C4)c(F)c3)=CC2)CC1. The van der Waals surface area contributed by atoms with Crippen molar-refractivity contribution in [1.29, 1.82) is 0 Å². The third kappa shape index (κ3) is 5.13. The van der Waals surface area contributed by atoms with Crippen LogP contribution < -0.4 is 0 Å². The Morgan fingerprint density at radius 2 is 1.97 bits per heavy atom. The van der Waals surface area contributed by atoms with Crippen LogP contribution in [0.1, 0.15) is 50.2 Å². The zero-order valence-electron chi connectivity index (χ0n) is 18.8. The molecule has 3 aliphatic rings. The molecule has 5 heteroatoms. The van der Waals surface area contributed by atoms with E-state index in [1.165, 1.54) is 25.1 Å². The molecule has 1 nitrogen and oxygen atoms in total. The van der Waals surface area contributed by atoms with E-state index in [4.69, 9.17) is 0 Å². The predicted molar refractivity (Wildman–Crippen MR) is 127 cm³/mol. The number of hydrogen-bond donors (Lipinski definition) is 0. The minimum Gasteiger partial charge on any atom is -0.293 e. The van der Waals surface area contributed by atoms with Crippen LogP contribution in [0.25, 0.3) is 11.1 Å². The van der Waals surface area contributed by atoms with Gasteiger partial charge in [0.05, 0.1) is 6.04 Å². The van der Waals surface area contributed by atoms with E-state index in [9.17, 15) is 13.2 Å². The zero-order valence-corrected chi connectivity index (χ0v) is 18.8. The molecule has 0 spiro atoms. The van der Waals surface area contributed by atoms with Gasteiger partial charge >= 0.3 is 0 Å². The summed E-state index contributed by atoms with van der Waals surface area (Å²) in [6, 6.07) is 4.34. The minimum atomic E-state index is -1.51. The van der Waals surface area contributed by atoms with Crippen molar-refractivity contribution in [3.05, 3.63) is 83.8 Å². The van der Waals surface area contributed by atoms with E-state index in [0.29, 0.717) is 23.5 Å². The minimum absolute atomic E-state index is 0.0153. The van der Waals surface area contributed by atoms with Crippen LogP contribution in [0.3, 0.4) is 0 Å². The molecule has 0 saturated carbocycles. The van der Waals surface area contributed by atoms with Gasteiger partial charge in [-0.25, -0.2) is 17.6 Å². The number of hydrogen-bond acceptors (Lipinski definition) is 1. The third-order valence-corrected chi connectivity index (χ3v) is 6.91. The molecule has 174 valence electrons. The number of benzene rings is 1. The maximum atomic E-state index is 15.0. The first-order valence-electron chi connectivity index (χ1n) is 11.6. The maximum Gasteiger partial charge on any atom is 0.131 e. The predicted octanol–water partition coefficient (Wildman–Crippen LogP) is 8.12. The normalized spacial score (nSPS) is 29.7. The highest BCUT2D eigenvalue weighted by Gasteiger charge is 2.28. The number of allylic oxidation sites excluding steroid dienone is 8. The second kappa shape index (κ2) is 10.1. The van der Waals surface area contributed by atoms with Gasteiger partial charge in [0.15, 0.2) is 0 Å². The van der Waals surface area contributed by atoms with Gasteiger partial charge in [-0.3, -0.25) is 4.99 Å². The lowest BCUT2D eigenvalue weighted by atomic mass is 9.82. The number of halogens is 4. The lowest BCUT2D eigenvalue weighted by molar-refractivity contribution is 0.292. The van der Waals surface area contributed by atoms with E-state index in [2.05, 4.69) is 11.6 Å². The average molecular weight is 456 g/mol. The fourth-order valence-corrected chi connectivity index (χ4v) is 4.74. The Morgan fingerprint density at radius 3 is 2.61 bits per heavy atom. The molecule has 0 radical (unpaired) electrons. The summed E-state index contributed by atoms with van der Waals surface area (Å²) in [5.74, 6) is -2.06. The van der Waals surface area contributed by atoms with E-state index in [0.717, 1.165) is 31.8 Å². The number of alkyl halides is 1. The molecule has 1 heterocycles. The Kier molecular flexibility index (Phi) is 7.16. The molecule has 4 rings (SSSR count). The molecule has 0 aromatic heterocycles. The highest BCUT2D eigenvalue weighted by atomic mass is 19.1. The van der Waals surface area contributed by atoms with Crippen LogP contribution in [0.4, 0.5) is 17.6 Å². The molecule has 1 aliphatic heterocycles. The first-order valence-corrected chi connectivity index (χ1v) is 11.6. The van der Waals surface area contributed by atoms with E-state index in [1.54, 1.807) is 18.2 Å². The molecule has 0 amide bonds. The molecule has 5 unspecified atom stereocenters. The van der Waals surface area contributed by atoms with Gasteiger partial charge in [0, 0.05) is 29.2 Å². The van der Waals surface area contributed by atoms with Crippen LogP contribution in [0.2, 0.25) is 0 Å². The van der Waals surface area contributed by atoms with Crippen molar-refractivity contribution < 1.29 is 17.6 Å². The summed E-state index contributed by atoms with van der Waals surface area (Å²) in [4.78, 5) is 4.68. The van der Waals surface area contributed by atoms with Gasteiger partial charge in [-0.05, 0) is 73.5 Å². The van der Waals surface area contributed by atoms with Crippen molar-refractivity contribution in [3.8, 4) is 0 Å². The Hall–Kier alpha value is -2.69. The molecule has 0 fully saturated rings. The topological polar surface area (TPSA) is 12.4 Å². The smallest absolute Gasteiger partial charge is 0.131 e. The number of aliphatic imine (C=N–C) groups is 1. The van der Waals surface area contributed by atoms with Crippen molar-refractivity contribution >= 4 is 17.4 Å². The van der Waals surface area contributed by atoms with E-state index in [-0.39, 0.29) is 28.9 Å². The quantitative estimate of drug-likeness (QED) is 0.303. The Labute approximate surface area is 193 Å². The summed E-state index contributed by atoms with van der Waals surface area (Å²) in [7, 11) is 0. The first-order chi connectivity index (χ1) is 15.9. The van der Waals surface area contributed by atoms with Crippen LogP contribution in [0.15, 0.2) is 71.8 Å². The van der Waals surface area contributed by atoms with E-state index >= 15 is 4.39 Å². The van der Waals surface area contributed by atoms with Gasteiger partial charge in [0.25, 0.3) is 0 Å². The lowest BCUT2D eigenvalue weighted by Gasteiger charge is -2.28. The van der Waals surface area contributed by atoms with Crippen molar-refractivity contribution in [2.24, 2.45) is 22.7 Å². The molecule has 5 atom stereocenters. The largest absolute Gasteiger partial charge is 0.293 e. The molecule has 33 heavy (non-hydrogen) atoms. The third-order valence-electron chi connectivity index (χ3n) is 6.91. The van der Waals surface area contributed by atoms with E-state index < -0.39 is 23.7 Å². The summed E-state index contributed by atoms with van der Waals surface area (Å²) in [6.45, 7) is 5.20. The maximum absolute atomic E-state index is 15.0.